The van der Waals surface area contributed by atoms with Crippen LogP contribution in [-0.2, 0) is 22.5 Å². The van der Waals surface area contributed by atoms with Gasteiger partial charge >= 0.3 is 0 Å². The fraction of sp³-hybridized carbons (Fsp3) is 0.375. The van der Waals surface area contributed by atoms with E-state index < -0.39 is 0 Å². The van der Waals surface area contributed by atoms with E-state index in [1.165, 1.54) is 11.1 Å². The number of aromatic nitrogens is 2. The predicted molar refractivity (Wildman–Crippen MR) is 119 cm³/mol. The molecule has 7 heteroatoms. The molecule has 0 unspecified atom stereocenters. The van der Waals surface area contributed by atoms with Crippen LogP contribution in [0.4, 0.5) is 5.82 Å². The van der Waals surface area contributed by atoms with E-state index in [2.05, 4.69) is 46.2 Å². The Kier molecular flexibility index (Phi) is 6.62. The molecule has 2 aromatic heterocycles. The van der Waals surface area contributed by atoms with Crippen LogP contribution < -0.4 is 10.2 Å². The third-order valence-electron chi connectivity index (χ3n) is 5.54. The number of nitrogens with one attached hydrogen (secondary N) is 1. The number of morpholine rings is 1. The summed E-state index contributed by atoms with van der Waals surface area (Å²) >= 11 is 0. The number of ether oxygens (including phenoxy) is 1. The minimum Gasteiger partial charge on any atom is -0.441 e. The molecular weight excluding hydrogens is 392 g/mol. The van der Waals surface area contributed by atoms with Gasteiger partial charge in [0.2, 0.25) is 5.91 Å². The van der Waals surface area contributed by atoms with E-state index in [9.17, 15) is 4.79 Å². The molecular formula is C24H28N4O3. The van der Waals surface area contributed by atoms with Gasteiger partial charge in [-0.15, -0.1) is 0 Å². The Morgan fingerprint density at radius 2 is 1.90 bits per heavy atom. The summed E-state index contributed by atoms with van der Waals surface area (Å²) in [6.07, 6.45) is 4.32. The molecule has 0 saturated carbocycles. The minimum absolute atomic E-state index is 0.0387. The first kappa shape index (κ1) is 21.1. The molecule has 0 aliphatic carbocycles. The van der Waals surface area contributed by atoms with Gasteiger partial charge in [-0.1, -0.05) is 18.2 Å². The lowest BCUT2D eigenvalue weighted by molar-refractivity contribution is -0.121. The Hall–Kier alpha value is -3.19. The van der Waals surface area contributed by atoms with Crippen LogP contribution in [0, 0.1) is 13.8 Å². The third-order valence-corrected chi connectivity index (χ3v) is 5.54. The zero-order chi connectivity index (χ0) is 21.6. The van der Waals surface area contributed by atoms with Crippen LogP contribution >= 0.6 is 0 Å². The first-order chi connectivity index (χ1) is 15.1. The highest BCUT2D eigenvalue weighted by atomic mass is 16.5. The van der Waals surface area contributed by atoms with E-state index in [1.54, 1.807) is 6.20 Å². The van der Waals surface area contributed by atoms with Crippen LogP contribution in [0.15, 0.2) is 47.1 Å². The fourth-order valence-corrected chi connectivity index (χ4v) is 3.46. The molecule has 0 atom stereocenters. The van der Waals surface area contributed by atoms with Crippen LogP contribution in [-0.4, -0.2) is 42.2 Å². The van der Waals surface area contributed by atoms with Crippen molar-refractivity contribution in [2.75, 3.05) is 31.2 Å². The monoisotopic (exact) mass is 420 g/mol. The number of hydrogen-bond acceptors (Lipinski definition) is 6. The summed E-state index contributed by atoms with van der Waals surface area (Å²) in [5.41, 5.74) is 4.42. The largest absolute Gasteiger partial charge is 0.441 e. The van der Waals surface area contributed by atoms with Crippen molar-refractivity contribution in [3.8, 4) is 11.3 Å². The van der Waals surface area contributed by atoms with E-state index in [4.69, 9.17) is 9.15 Å². The van der Waals surface area contributed by atoms with Gasteiger partial charge in [-0.3, -0.25) is 4.79 Å². The van der Waals surface area contributed by atoms with Gasteiger partial charge in [-0.25, -0.2) is 9.97 Å². The molecule has 1 amide bonds. The molecule has 1 aliphatic rings. The number of nitrogens with zero attached hydrogens (tertiary/aromatic N) is 3. The summed E-state index contributed by atoms with van der Waals surface area (Å²) in [4.78, 5) is 23.3. The van der Waals surface area contributed by atoms with Gasteiger partial charge in [0.25, 0.3) is 0 Å². The van der Waals surface area contributed by atoms with E-state index >= 15 is 0 Å². The first-order valence-corrected chi connectivity index (χ1v) is 10.6. The van der Waals surface area contributed by atoms with Gasteiger partial charge in [0.05, 0.1) is 19.4 Å². The lowest BCUT2D eigenvalue weighted by Gasteiger charge is -2.27. The van der Waals surface area contributed by atoms with E-state index in [1.807, 2.05) is 24.4 Å². The maximum Gasteiger partial charge on any atom is 0.220 e. The predicted octanol–water partition coefficient (Wildman–Crippen LogP) is 3.44. The molecule has 1 N–H and O–H groups in total. The number of amides is 1. The maximum atomic E-state index is 12.2. The lowest BCUT2D eigenvalue weighted by atomic mass is 10.1. The summed E-state index contributed by atoms with van der Waals surface area (Å²) in [6, 6.07) is 10.2. The second kappa shape index (κ2) is 9.75. The zero-order valence-electron chi connectivity index (χ0n) is 18.1. The molecule has 3 heterocycles. The average Bonchev–Trinajstić information content (AvgIpc) is 3.28. The topological polar surface area (TPSA) is 80.5 Å². The molecule has 0 bridgehead atoms. The Labute approximate surface area is 182 Å². The molecule has 1 aliphatic heterocycles. The summed E-state index contributed by atoms with van der Waals surface area (Å²) in [7, 11) is 0. The number of carbonyl (C=O) groups is 1. The number of aryl methyl sites for hydroxylation is 3. The number of rotatable bonds is 7. The smallest absolute Gasteiger partial charge is 0.220 e. The Morgan fingerprint density at radius 1 is 1.06 bits per heavy atom. The van der Waals surface area contributed by atoms with Gasteiger partial charge in [0.15, 0.2) is 11.7 Å². The van der Waals surface area contributed by atoms with Gasteiger partial charge in [-0.05, 0) is 42.7 Å². The minimum atomic E-state index is -0.0387. The summed E-state index contributed by atoms with van der Waals surface area (Å²) < 4.78 is 11.2. The van der Waals surface area contributed by atoms with Crippen molar-refractivity contribution in [3.63, 3.8) is 0 Å². The molecule has 1 saturated heterocycles. The molecule has 0 spiro atoms. The molecule has 162 valence electrons. The zero-order valence-corrected chi connectivity index (χ0v) is 18.1. The second-order valence-electron chi connectivity index (χ2n) is 7.82. The van der Waals surface area contributed by atoms with Crippen molar-refractivity contribution in [1.29, 1.82) is 0 Å². The Morgan fingerprint density at radius 3 is 2.65 bits per heavy atom. The average molecular weight is 421 g/mol. The number of anilines is 1. The van der Waals surface area contributed by atoms with E-state index in [0.717, 1.165) is 49.0 Å². The maximum absolute atomic E-state index is 12.2. The highest BCUT2D eigenvalue weighted by molar-refractivity contribution is 5.76. The van der Waals surface area contributed by atoms with Crippen LogP contribution in [0.5, 0.6) is 0 Å². The summed E-state index contributed by atoms with van der Waals surface area (Å²) in [5.74, 6) is 2.20. The molecule has 31 heavy (non-hydrogen) atoms. The van der Waals surface area contributed by atoms with Crippen LogP contribution in [0.2, 0.25) is 0 Å². The van der Waals surface area contributed by atoms with Gasteiger partial charge in [0.1, 0.15) is 5.82 Å². The van der Waals surface area contributed by atoms with Crippen molar-refractivity contribution in [2.45, 2.75) is 33.2 Å². The van der Waals surface area contributed by atoms with E-state index in [-0.39, 0.29) is 5.91 Å². The third kappa shape index (κ3) is 5.49. The quantitative estimate of drug-likeness (QED) is 0.631. The van der Waals surface area contributed by atoms with Crippen molar-refractivity contribution in [1.82, 2.24) is 15.3 Å². The van der Waals surface area contributed by atoms with E-state index in [0.29, 0.717) is 25.3 Å². The molecule has 4 rings (SSSR count). The standard InChI is InChI=1S/C24H28N4O3/c1-17-3-5-20(13-18(17)2)21-16-27-24(31-21)8-7-23(29)26-15-19-4-6-22(25-14-19)28-9-11-30-12-10-28/h3-6,13-14,16H,7-12,15H2,1-2H3,(H,26,29). The molecule has 0 radical (unpaired) electrons. The number of carbonyl (C=O) groups excluding carboxylic acids is 1. The first-order valence-electron chi connectivity index (χ1n) is 10.6. The number of benzene rings is 1. The summed E-state index contributed by atoms with van der Waals surface area (Å²) in [6.45, 7) is 7.79. The normalized spacial score (nSPS) is 13.9. The summed E-state index contributed by atoms with van der Waals surface area (Å²) in [5, 5.41) is 2.94. The van der Waals surface area contributed by atoms with Crippen LogP contribution in [0.1, 0.15) is 29.0 Å². The highest BCUT2D eigenvalue weighted by Gasteiger charge is 2.13. The van der Waals surface area contributed by atoms with Crippen LogP contribution in [0.3, 0.4) is 0 Å². The van der Waals surface area contributed by atoms with Gasteiger partial charge in [0, 0.05) is 44.2 Å². The second-order valence-corrected chi connectivity index (χ2v) is 7.82. The molecule has 1 fully saturated rings. The number of hydrogen-bond donors (Lipinski definition) is 1. The van der Waals surface area contributed by atoms with Crippen molar-refractivity contribution in [3.05, 3.63) is 65.3 Å². The SMILES string of the molecule is Cc1ccc(-c2cnc(CCC(=O)NCc3ccc(N4CCOCC4)nc3)o2)cc1C. The van der Waals surface area contributed by atoms with Gasteiger partial charge in [-0.2, -0.15) is 0 Å². The molecule has 1 aromatic carbocycles. The number of pyridine rings is 1. The molecule has 7 nitrogen and oxygen atoms in total. The van der Waals surface area contributed by atoms with Crippen LogP contribution in [0.25, 0.3) is 11.3 Å². The van der Waals surface area contributed by atoms with Gasteiger partial charge < -0.3 is 19.4 Å². The van der Waals surface area contributed by atoms with Crippen molar-refractivity contribution < 1.29 is 13.9 Å². The fourth-order valence-electron chi connectivity index (χ4n) is 3.46. The van der Waals surface area contributed by atoms with Crippen molar-refractivity contribution >= 4 is 11.7 Å². The van der Waals surface area contributed by atoms with Crippen molar-refractivity contribution in [2.24, 2.45) is 0 Å². The highest BCUT2D eigenvalue weighted by Crippen LogP contribution is 2.23. The number of oxazole rings is 1. The lowest BCUT2D eigenvalue weighted by Crippen LogP contribution is -2.36. The Bertz CT molecular complexity index is 1020. The Balaban J connectivity index is 1.24. The molecule has 3 aromatic rings.